The minimum Gasteiger partial charge on any atom is -0.454 e. The van der Waals surface area contributed by atoms with Gasteiger partial charge in [-0.3, -0.25) is 0 Å². The van der Waals surface area contributed by atoms with E-state index in [4.69, 9.17) is 19.4 Å². The fourth-order valence-corrected chi connectivity index (χ4v) is 5.05. The lowest BCUT2D eigenvalue weighted by Gasteiger charge is -2.21. The van der Waals surface area contributed by atoms with E-state index in [0.717, 1.165) is 45.3 Å². The highest BCUT2D eigenvalue weighted by atomic mass is 32.1. The van der Waals surface area contributed by atoms with Gasteiger partial charge in [0, 0.05) is 17.3 Å². The van der Waals surface area contributed by atoms with Gasteiger partial charge in [-0.05, 0) is 43.0 Å². The number of aromatic nitrogens is 2. The van der Waals surface area contributed by atoms with E-state index in [2.05, 4.69) is 24.4 Å². The molecule has 1 saturated carbocycles. The van der Waals surface area contributed by atoms with Crippen molar-refractivity contribution in [3.8, 4) is 11.5 Å². The topological polar surface area (TPSA) is 56.3 Å². The number of anilines is 1. The van der Waals surface area contributed by atoms with Crippen molar-refractivity contribution in [1.29, 1.82) is 0 Å². The maximum Gasteiger partial charge on any atom is 0.231 e. The molecule has 3 aromatic rings. The monoisotopic (exact) mass is 395 g/mol. The highest BCUT2D eigenvalue weighted by Gasteiger charge is 2.21. The summed E-state index contributed by atoms with van der Waals surface area (Å²) in [6.07, 6.45) is 7.36. The van der Waals surface area contributed by atoms with Crippen LogP contribution >= 0.6 is 11.3 Å². The van der Waals surface area contributed by atoms with Crippen molar-refractivity contribution in [3.05, 3.63) is 40.5 Å². The number of thiophene rings is 1. The van der Waals surface area contributed by atoms with Gasteiger partial charge in [0.05, 0.1) is 5.39 Å². The molecule has 1 aromatic carbocycles. The SMILES string of the molecule is CCc1cc2c(NCc3ccc4c(c3)OCO4)nc(C3CCCCC3)nc2s1. The number of fused-ring (bicyclic) bond motifs is 2. The van der Waals surface area contributed by atoms with E-state index in [1.165, 1.54) is 37.0 Å². The Labute approximate surface area is 169 Å². The summed E-state index contributed by atoms with van der Waals surface area (Å²) in [4.78, 5) is 12.4. The molecule has 0 unspecified atom stereocenters. The van der Waals surface area contributed by atoms with E-state index in [0.29, 0.717) is 19.3 Å². The molecule has 6 heteroatoms. The summed E-state index contributed by atoms with van der Waals surface area (Å²) in [7, 11) is 0. The highest BCUT2D eigenvalue weighted by molar-refractivity contribution is 7.18. The normalized spacial score (nSPS) is 16.6. The van der Waals surface area contributed by atoms with Crippen LogP contribution in [-0.2, 0) is 13.0 Å². The Bertz CT molecular complexity index is 995. The summed E-state index contributed by atoms with van der Waals surface area (Å²) in [6, 6.07) is 8.33. The lowest BCUT2D eigenvalue weighted by atomic mass is 9.88. The first-order valence-corrected chi connectivity index (χ1v) is 11.0. The van der Waals surface area contributed by atoms with Crippen LogP contribution in [0.5, 0.6) is 11.5 Å². The maximum absolute atomic E-state index is 5.50. The van der Waals surface area contributed by atoms with Crippen LogP contribution in [-0.4, -0.2) is 16.8 Å². The Morgan fingerprint density at radius 1 is 1.07 bits per heavy atom. The summed E-state index contributed by atoms with van der Waals surface area (Å²) in [5.74, 6) is 4.11. The number of aryl methyl sites for hydroxylation is 1. The van der Waals surface area contributed by atoms with Crippen LogP contribution in [0, 0.1) is 0 Å². The summed E-state index contributed by atoms with van der Waals surface area (Å²) in [6.45, 7) is 3.20. The van der Waals surface area contributed by atoms with Crippen LogP contribution in [0.2, 0.25) is 0 Å². The molecule has 0 amide bonds. The Hall–Kier alpha value is -2.34. The number of nitrogens with zero attached hydrogens (tertiary/aromatic N) is 2. The van der Waals surface area contributed by atoms with Crippen molar-refractivity contribution in [2.75, 3.05) is 12.1 Å². The molecule has 146 valence electrons. The first kappa shape index (κ1) is 17.7. The maximum atomic E-state index is 5.50. The molecule has 1 aliphatic carbocycles. The van der Waals surface area contributed by atoms with Gasteiger partial charge >= 0.3 is 0 Å². The molecule has 0 saturated heterocycles. The third-order valence-corrected chi connectivity index (χ3v) is 6.85. The third kappa shape index (κ3) is 3.41. The fraction of sp³-hybridized carbons (Fsp3) is 0.455. The van der Waals surface area contributed by atoms with Gasteiger partial charge < -0.3 is 14.8 Å². The molecule has 2 aromatic heterocycles. The van der Waals surface area contributed by atoms with Gasteiger partial charge in [0.25, 0.3) is 0 Å². The van der Waals surface area contributed by atoms with Gasteiger partial charge in [0.2, 0.25) is 6.79 Å². The van der Waals surface area contributed by atoms with Gasteiger partial charge in [0.1, 0.15) is 16.5 Å². The Kier molecular flexibility index (Phi) is 4.81. The van der Waals surface area contributed by atoms with E-state index in [1.54, 1.807) is 11.3 Å². The van der Waals surface area contributed by atoms with Crippen molar-refractivity contribution in [2.45, 2.75) is 57.9 Å². The first-order chi connectivity index (χ1) is 13.8. The Morgan fingerprint density at radius 3 is 2.79 bits per heavy atom. The Morgan fingerprint density at radius 2 is 1.93 bits per heavy atom. The number of rotatable bonds is 5. The zero-order valence-electron chi connectivity index (χ0n) is 16.2. The van der Waals surface area contributed by atoms with Gasteiger partial charge in [-0.2, -0.15) is 0 Å². The molecule has 0 atom stereocenters. The van der Waals surface area contributed by atoms with Crippen LogP contribution in [0.3, 0.4) is 0 Å². The first-order valence-electron chi connectivity index (χ1n) is 10.2. The second-order valence-electron chi connectivity index (χ2n) is 7.59. The average Bonchev–Trinajstić information content (AvgIpc) is 3.38. The molecule has 2 aliphatic rings. The van der Waals surface area contributed by atoms with E-state index >= 15 is 0 Å². The molecule has 1 aliphatic heterocycles. The summed E-state index contributed by atoms with van der Waals surface area (Å²) >= 11 is 1.80. The summed E-state index contributed by atoms with van der Waals surface area (Å²) in [5.41, 5.74) is 1.15. The second-order valence-corrected chi connectivity index (χ2v) is 8.71. The lowest BCUT2D eigenvalue weighted by molar-refractivity contribution is 0.174. The van der Waals surface area contributed by atoms with Gasteiger partial charge in [-0.1, -0.05) is 32.3 Å². The standard InChI is InChI=1S/C22H25N3O2S/c1-2-16-11-17-21(23-12-14-8-9-18-19(10-14)27-13-26-18)24-20(25-22(17)28-16)15-6-4-3-5-7-15/h8-11,15H,2-7,12-13H2,1H3,(H,23,24,25). The predicted octanol–water partition coefficient (Wildman–Crippen LogP) is 5.64. The molecule has 5 nitrogen and oxygen atoms in total. The van der Waals surface area contributed by atoms with Crippen molar-refractivity contribution >= 4 is 27.4 Å². The number of benzene rings is 1. The van der Waals surface area contributed by atoms with E-state index in [1.807, 2.05) is 12.1 Å². The van der Waals surface area contributed by atoms with Gasteiger partial charge in [0.15, 0.2) is 11.5 Å². The predicted molar refractivity (Wildman–Crippen MR) is 113 cm³/mol. The smallest absolute Gasteiger partial charge is 0.231 e. The van der Waals surface area contributed by atoms with Crippen molar-refractivity contribution in [3.63, 3.8) is 0 Å². The molecule has 0 bridgehead atoms. The number of hydrogen-bond acceptors (Lipinski definition) is 6. The minimum absolute atomic E-state index is 0.304. The molecule has 5 rings (SSSR count). The summed E-state index contributed by atoms with van der Waals surface area (Å²) in [5, 5.41) is 4.71. The minimum atomic E-state index is 0.304. The highest BCUT2D eigenvalue weighted by Crippen LogP contribution is 2.36. The number of hydrogen-bond donors (Lipinski definition) is 1. The quantitative estimate of drug-likeness (QED) is 0.606. The van der Waals surface area contributed by atoms with Crippen molar-refractivity contribution in [2.24, 2.45) is 0 Å². The van der Waals surface area contributed by atoms with Crippen LogP contribution in [0.25, 0.3) is 10.2 Å². The molecular formula is C22H25N3O2S. The number of nitrogens with one attached hydrogen (secondary N) is 1. The largest absolute Gasteiger partial charge is 0.454 e. The van der Waals surface area contributed by atoms with E-state index in [-0.39, 0.29) is 0 Å². The van der Waals surface area contributed by atoms with Crippen LogP contribution in [0.15, 0.2) is 24.3 Å². The van der Waals surface area contributed by atoms with Crippen LogP contribution < -0.4 is 14.8 Å². The molecule has 28 heavy (non-hydrogen) atoms. The molecule has 3 heterocycles. The zero-order valence-corrected chi connectivity index (χ0v) is 17.0. The fourth-order valence-electron chi connectivity index (χ4n) is 4.08. The Balaban J connectivity index is 1.45. The summed E-state index contributed by atoms with van der Waals surface area (Å²) < 4.78 is 10.9. The molecule has 0 radical (unpaired) electrons. The van der Waals surface area contributed by atoms with Crippen molar-refractivity contribution in [1.82, 2.24) is 9.97 Å². The number of ether oxygens (including phenoxy) is 2. The van der Waals surface area contributed by atoms with E-state index < -0.39 is 0 Å². The van der Waals surface area contributed by atoms with Crippen molar-refractivity contribution < 1.29 is 9.47 Å². The molecule has 1 fully saturated rings. The van der Waals surface area contributed by atoms with Gasteiger partial charge in [-0.25, -0.2) is 9.97 Å². The van der Waals surface area contributed by atoms with Crippen LogP contribution in [0.1, 0.15) is 61.2 Å². The zero-order chi connectivity index (χ0) is 18.9. The van der Waals surface area contributed by atoms with E-state index in [9.17, 15) is 0 Å². The third-order valence-electron chi connectivity index (χ3n) is 5.68. The second kappa shape index (κ2) is 7.59. The average molecular weight is 396 g/mol. The van der Waals surface area contributed by atoms with Gasteiger partial charge in [-0.15, -0.1) is 11.3 Å². The van der Waals surface area contributed by atoms with Crippen LogP contribution in [0.4, 0.5) is 5.82 Å². The molecule has 1 N–H and O–H groups in total. The molecular weight excluding hydrogens is 370 g/mol. The lowest BCUT2D eigenvalue weighted by Crippen LogP contribution is -2.11. The molecule has 0 spiro atoms.